The van der Waals surface area contributed by atoms with Gasteiger partial charge in [0, 0.05) is 27.2 Å². The summed E-state index contributed by atoms with van der Waals surface area (Å²) in [6.07, 6.45) is 0.500. The summed E-state index contributed by atoms with van der Waals surface area (Å²) in [5.41, 5.74) is 3.80. The van der Waals surface area contributed by atoms with Crippen LogP contribution in [0.25, 0.3) is 0 Å². The molecule has 1 aliphatic rings. The fraction of sp³-hybridized carbons (Fsp3) is 0.417. The number of hydrogen-bond acceptors (Lipinski definition) is 2. The van der Waals surface area contributed by atoms with E-state index < -0.39 is 0 Å². The molecule has 3 nitrogen and oxygen atoms in total. The van der Waals surface area contributed by atoms with Crippen molar-refractivity contribution >= 4 is 5.91 Å². The molecule has 1 aromatic rings. The quantitative estimate of drug-likeness (QED) is 0.777. The molecule has 0 saturated heterocycles. The van der Waals surface area contributed by atoms with E-state index in [1.807, 2.05) is 6.07 Å². The molecule has 2 rings (SSSR count). The van der Waals surface area contributed by atoms with Crippen LogP contribution >= 0.6 is 0 Å². The van der Waals surface area contributed by atoms with Gasteiger partial charge in [0.25, 0.3) is 0 Å². The number of benzene rings is 1. The molecule has 0 aromatic heterocycles. The summed E-state index contributed by atoms with van der Waals surface area (Å²) in [6, 6.07) is 6.30. The Bertz CT molecular complexity index is 385. The van der Waals surface area contributed by atoms with Crippen LogP contribution in [-0.2, 0) is 24.3 Å². The van der Waals surface area contributed by atoms with Crippen molar-refractivity contribution < 1.29 is 4.79 Å². The molecular formula is C12H16N2O. The van der Waals surface area contributed by atoms with Crippen LogP contribution in [0.4, 0.5) is 0 Å². The number of likely N-dealkylation sites (N-methyl/N-ethyl adjacent to an activating group) is 1. The van der Waals surface area contributed by atoms with Crippen molar-refractivity contribution in [1.29, 1.82) is 0 Å². The number of nitrogens with zero attached hydrogens (tertiary/aromatic N) is 1. The largest absolute Gasteiger partial charge is 0.349 e. The summed E-state index contributed by atoms with van der Waals surface area (Å²) in [5, 5.41) is 3.30. The van der Waals surface area contributed by atoms with Gasteiger partial charge in [-0.2, -0.15) is 0 Å². The van der Waals surface area contributed by atoms with E-state index in [1.165, 1.54) is 11.1 Å². The zero-order valence-corrected chi connectivity index (χ0v) is 9.21. The first-order valence-electron chi connectivity index (χ1n) is 5.18. The Morgan fingerprint density at radius 3 is 2.80 bits per heavy atom. The van der Waals surface area contributed by atoms with Crippen molar-refractivity contribution in [3.05, 3.63) is 34.9 Å². The van der Waals surface area contributed by atoms with Crippen molar-refractivity contribution in [1.82, 2.24) is 10.2 Å². The molecule has 1 amide bonds. The van der Waals surface area contributed by atoms with Gasteiger partial charge in [-0.3, -0.25) is 4.79 Å². The highest BCUT2D eigenvalue weighted by Gasteiger charge is 2.12. The van der Waals surface area contributed by atoms with Gasteiger partial charge in [0.2, 0.25) is 5.91 Å². The molecule has 0 bridgehead atoms. The van der Waals surface area contributed by atoms with Crippen LogP contribution in [0, 0.1) is 0 Å². The summed E-state index contributed by atoms with van der Waals surface area (Å²) in [6.45, 7) is 1.89. The molecule has 15 heavy (non-hydrogen) atoms. The second kappa shape index (κ2) is 4.03. The smallest absolute Gasteiger partial charge is 0.226 e. The topological polar surface area (TPSA) is 32.3 Å². The fourth-order valence-corrected chi connectivity index (χ4v) is 1.79. The Labute approximate surface area is 90.1 Å². The molecule has 0 aliphatic carbocycles. The van der Waals surface area contributed by atoms with Crippen molar-refractivity contribution in [3.63, 3.8) is 0 Å². The van der Waals surface area contributed by atoms with Crippen LogP contribution in [0.2, 0.25) is 0 Å². The van der Waals surface area contributed by atoms with E-state index in [1.54, 1.807) is 19.0 Å². The van der Waals surface area contributed by atoms with E-state index in [9.17, 15) is 4.79 Å². The predicted octanol–water partition coefficient (Wildman–Crippen LogP) is 0.920. The minimum absolute atomic E-state index is 0.154. The van der Waals surface area contributed by atoms with Crippen molar-refractivity contribution in [2.75, 3.05) is 14.1 Å². The van der Waals surface area contributed by atoms with Crippen molar-refractivity contribution in [3.8, 4) is 0 Å². The number of hydrogen-bond donors (Lipinski definition) is 1. The third-order valence-corrected chi connectivity index (χ3v) is 2.76. The van der Waals surface area contributed by atoms with Gasteiger partial charge in [0.05, 0.1) is 6.42 Å². The standard InChI is InChI=1S/C12H16N2O/c1-14(2)12(15)6-9-3-4-10-7-13-8-11(10)5-9/h3-5,13H,6-8H2,1-2H3. The second-order valence-electron chi connectivity index (χ2n) is 4.17. The Morgan fingerprint density at radius 2 is 2.07 bits per heavy atom. The molecule has 0 spiro atoms. The Balaban J connectivity index is 2.13. The highest BCUT2D eigenvalue weighted by molar-refractivity contribution is 5.78. The minimum atomic E-state index is 0.154. The Kier molecular flexibility index (Phi) is 2.73. The van der Waals surface area contributed by atoms with Gasteiger partial charge in [0.15, 0.2) is 0 Å². The average molecular weight is 204 g/mol. The molecule has 0 saturated carbocycles. The van der Waals surface area contributed by atoms with E-state index in [0.717, 1.165) is 18.7 Å². The lowest BCUT2D eigenvalue weighted by atomic mass is 10.0. The number of carbonyl (C=O) groups is 1. The lowest BCUT2D eigenvalue weighted by molar-refractivity contribution is -0.127. The maximum atomic E-state index is 11.5. The maximum absolute atomic E-state index is 11.5. The van der Waals surface area contributed by atoms with Crippen LogP contribution < -0.4 is 5.32 Å². The second-order valence-corrected chi connectivity index (χ2v) is 4.17. The van der Waals surface area contributed by atoms with E-state index in [4.69, 9.17) is 0 Å². The monoisotopic (exact) mass is 204 g/mol. The predicted molar refractivity (Wildman–Crippen MR) is 59.4 cm³/mol. The fourth-order valence-electron chi connectivity index (χ4n) is 1.79. The zero-order chi connectivity index (χ0) is 10.8. The molecule has 0 fully saturated rings. The lowest BCUT2D eigenvalue weighted by Crippen LogP contribution is -2.23. The Morgan fingerprint density at radius 1 is 1.33 bits per heavy atom. The normalized spacial score (nSPS) is 13.7. The molecule has 1 N–H and O–H groups in total. The van der Waals surface area contributed by atoms with Gasteiger partial charge in [-0.15, -0.1) is 0 Å². The van der Waals surface area contributed by atoms with E-state index in [0.29, 0.717) is 6.42 Å². The van der Waals surface area contributed by atoms with Crippen molar-refractivity contribution in [2.45, 2.75) is 19.5 Å². The first kappa shape index (κ1) is 10.2. The van der Waals surface area contributed by atoms with Gasteiger partial charge in [-0.1, -0.05) is 18.2 Å². The van der Waals surface area contributed by atoms with Crippen LogP contribution in [-0.4, -0.2) is 24.9 Å². The van der Waals surface area contributed by atoms with Crippen LogP contribution in [0.5, 0.6) is 0 Å². The van der Waals surface area contributed by atoms with E-state index in [2.05, 4.69) is 17.4 Å². The average Bonchev–Trinajstić information content (AvgIpc) is 2.64. The molecule has 0 radical (unpaired) electrons. The van der Waals surface area contributed by atoms with Gasteiger partial charge in [0.1, 0.15) is 0 Å². The number of amides is 1. The highest BCUT2D eigenvalue weighted by Crippen LogP contribution is 2.17. The summed E-state index contributed by atoms with van der Waals surface area (Å²) in [5.74, 6) is 0.154. The van der Waals surface area contributed by atoms with E-state index >= 15 is 0 Å². The zero-order valence-electron chi connectivity index (χ0n) is 9.21. The molecule has 0 unspecified atom stereocenters. The summed E-state index contributed by atoms with van der Waals surface area (Å²) in [7, 11) is 3.58. The minimum Gasteiger partial charge on any atom is -0.349 e. The van der Waals surface area contributed by atoms with Crippen LogP contribution in [0.15, 0.2) is 18.2 Å². The van der Waals surface area contributed by atoms with Gasteiger partial charge >= 0.3 is 0 Å². The molecule has 1 aliphatic heterocycles. The molecular weight excluding hydrogens is 188 g/mol. The summed E-state index contributed by atoms with van der Waals surface area (Å²) in [4.78, 5) is 13.2. The third-order valence-electron chi connectivity index (χ3n) is 2.76. The molecule has 1 heterocycles. The lowest BCUT2D eigenvalue weighted by Gasteiger charge is -2.10. The first-order chi connectivity index (χ1) is 7.16. The first-order valence-corrected chi connectivity index (χ1v) is 5.18. The number of rotatable bonds is 2. The highest BCUT2D eigenvalue weighted by atomic mass is 16.2. The third kappa shape index (κ3) is 2.18. The van der Waals surface area contributed by atoms with Crippen LogP contribution in [0.3, 0.4) is 0 Å². The van der Waals surface area contributed by atoms with E-state index in [-0.39, 0.29) is 5.91 Å². The molecule has 3 heteroatoms. The van der Waals surface area contributed by atoms with Gasteiger partial charge in [-0.05, 0) is 16.7 Å². The number of nitrogens with one attached hydrogen (secondary N) is 1. The Hall–Kier alpha value is -1.35. The molecule has 1 aromatic carbocycles. The SMILES string of the molecule is CN(C)C(=O)Cc1ccc2c(c1)CNC2. The molecule has 80 valence electrons. The number of carbonyl (C=O) groups excluding carboxylic acids is 1. The van der Waals surface area contributed by atoms with Crippen LogP contribution in [0.1, 0.15) is 16.7 Å². The molecule has 0 atom stereocenters. The van der Waals surface area contributed by atoms with Gasteiger partial charge in [-0.25, -0.2) is 0 Å². The maximum Gasteiger partial charge on any atom is 0.226 e. The van der Waals surface area contributed by atoms with Gasteiger partial charge < -0.3 is 10.2 Å². The van der Waals surface area contributed by atoms with Crippen molar-refractivity contribution in [2.24, 2.45) is 0 Å². The number of fused-ring (bicyclic) bond motifs is 1. The summed E-state index contributed by atoms with van der Waals surface area (Å²) >= 11 is 0. The summed E-state index contributed by atoms with van der Waals surface area (Å²) < 4.78 is 0.